The molecule has 0 saturated carbocycles. The first-order valence-corrected chi connectivity index (χ1v) is 6.60. The SMILES string of the molecule is CN1CCN(C(=O)c2cc3c([nH]2)CCC=C3)CC1. The van der Waals surface area contributed by atoms with Gasteiger partial charge in [-0.05, 0) is 31.5 Å². The van der Waals surface area contributed by atoms with Gasteiger partial charge in [0.05, 0.1) is 0 Å². The predicted octanol–water partition coefficient (Wildman–Crippen LogP) is 1.36. The lowest BCUT2D eigenvalue weighted by molar-refractivity contribution is 0.0659. The maximum Gasteiger partial charge on any atom is 0.270 e. The van der Waals surface area contributed by atoms with Crippen LogP contribution in [0.3, 0.4) is 0 Å². The van der Waals surface area contributed by atoms with Crippen LogP contribution in [-0.2, 0) is 6.42 Å². The fraction of sp³-hybridized carbons (Fsp3) is 0.500. The van der Waals surface area contributed by atoms with Gasteiger partial charge >= 0.3 is 0 Å². The van der Waals surface area contributed by atoms with Crippen molar-refractivity contribution in [2.45, 2.75) is 12.8 Å². The molecule has 2 aliphatic rings. The zero-order chi connectivity index (χ0) is 12.5. The lowest BCUT2D eigenvalue weighted by Gasteiger charge is -2.32. The van der Waals surface area contributed by atoms with Crippen molar-refractivity contribution in [3.05, 3.63) is 29.1 Å². The highest BCUT2D eigenvalue weighted by Gasteiger charge is 2.22. The molecule has 4 nitrogen and oxygen atoms in total. The van der Waals surface area contributed by atoms with Crippen LogP contribution in [0.2, 0.25) is 0 Å². The highest BCUT2D eigenvalue weighted by Crippen LogP contribution is 2.20. The van der Waals surface area contributed by atoms with Crippen LogP contribution in [0.15, 0.2) is 12.1 Å². The van der Waals surface area contributed by atoms with Crippen LogP contribution in [0, 0.1) is 0 Å². The number of aromatic amines is 1. The van der Waals surface area contributed by atoms with E-state index in [2.05, 4.69) is 29.1 Å². The molecule has 0 spiro atoms. The van der Waals surface area contributed by atoms with Crippen LogP contribution in [0.1, 0.15) is 28.2 Å². The Kier molecular flexibility index (Phi) is 2.96. The lowest BCUT2D eigenvalue weighted by atomic mass is 10.1. The smallest absolute Gasteiger partial charge is 0.270 e. The summed E-state index contributed by atoms with van der Waals surface area (Å²) < 4.78 is 0. The Morgan fingerprint density at radius 1 is 1.28 bits per heavy atom. The highest BCUT2D eigenvalue weighted by atomic mass is 16.2. The fourth-order valence-electron chi connectivity index (χ4n) is 2.60. The molecule has 0 unspecified atom stereocenters. The van der Waals surface area contributed by atoms with Crippen LogP contribution >= 0.6 is 0 Å². The van der Waals surface area contributed by atoms with Crippen LogP contribution < -0.4 is 0 Å². The Hall–Kier alpha value is -1.55. The molecule has 0 radical (unpaired) electrons. The molecule has 1 fully saturated rings. The lowest BCUT2D eigenvalue weighted by Crippen LogP contribution is -2.47. The minimum Gasteiger partial charge on any atom is -0.354 e. The van der Waals surface area contributed by atoms with Gasteiger partial charge in [-0.3, -0.25) is 4.79 Å². The number of rotatable bonds is 1. The number of nitrogens with zero attached hydrogens (tertiary/aromatic N) is 2. The third-order valence-corrected chi connectivity index (χ3v) is 3.81. The standard InChI is InChI=1S/C14H19N3O/c1-16-6-8-17(9-7-16)14(18)13-10-11-4-2-3-5-12(11)15-13/h2,4,10,15H,3,5-9H2,1H3. The first-order chi connectivity index (χ1) is 8.74. The number of amides is 1. The van der Waals surface area contributed by atoms with E-state index >= 15 is 0 Å². The second-order valence-electron chi connectivity index (χ2n) is 5.15. The molecule has 4 heteroatoms. The zero-order valence-corrected chi connectivity index (χ0v) is 10.8. The van der Waals surface area contributed by atoms with Gasteiger partial charge in [0.15, 0.2) is 0 Å². The molecule has 1 N–H and O–H groups in total. The van der Waals surface area contributed by atoms with E-state index in [-0.39, 0.29) is 5.91 Å². The van der Waals surface area contributed by atoms with E-state index < -0.39 is 0 Å². The summed E-state index contributed by atoms with van der Waals surface area (Å²) in [5.41, 5.74) is 3.13. The number of carbonyl (C=O) groups is 1. The minimum atomic E-state index is 0.144. The van der Waals surface area contributed by atoms with E-state index in [9.17, 15) is 4.79 Å². The summed E-state index contributed by atoms with van der Waals surface area (Å²) in [6.07, 6.45) is 6.36. The van der Waals surface area contributed by atoms with Gasteiger partial charge in [0.25, 0.3) is 5.91 Å². The Morgan fingerprint density at radius 2 is 2.06 bits per heavy atom. The second-order valence-corrected chi connectivity index (χ2v) is 5.15. The molecule has 0 atom stereocenters. The van der Waals surface area contributed by atoms with E-state index in [1.165, 1.54) is 11.3 Å². The summed E-state index contributed by atoms with van der Waals surface area (Å²) >= 11 is 0. The maximum absolute atomic E-state index is 12.4. The number of fused-ring (bicyclic) bond motifs is 1. The monoisotopic (exact) mass is 245 g/mol. The third-order valence-electron chi connectivity index (χ3n) is 3.81. The molecule has 0 aromatic carbocycles. The number of carbonyl (C=O) groups excluding carboxylic acids is 1. The van der Waals surface area contributed by atoms with Gasteiger partial charge in [-0.25, -0.2) is 0 Å². The van der Waals surface area contributed by atoms with Gasteiger partial charge in [-0.2, -0.15) is 0 Å². The fourth-order valence-corrected chi connectivity index (χ4v) is 2.60. The van der Waals surface area contributed by atoms with E-state index in [0.717, 1.165) is 44.7 Å². The molecule has 1 amide bonds. The molecular formula is C14H19N3O. The first-order valence-electron chi connectivity index (χ1n) is 6.60. The van der Waals surface area contributed by atoms with Crippen LogP contribution in [-0.4, -0.2) is 53.9 Å². The molecule has 1 aliphatic heterocycles. The van der Waals surface area contributed by atoms with Crippen molar-refractivity contribution in [2.24, 2.45) is 0 Å². The Labute approximate surface area is 107 Å². The molecule has 1 saturated heterocycles. The van der Waals surface area contributed by atoms with Crippen LogP contribution in [0.5, 0.6) is 0 Å². The topological polar surface area (TPSA) is 39.3 Å². The van der Waals surface area contributed by atoms with Crippen LogP contribution in [0.4, 0.5) is 0 Å². The van der Waals surface area contributed by atoms with Gasteiger partial charge in [-0.1, -0.05) is 12.2 Å². The number of aromatic nitrogens is 1. The molecule has 0 bridgehead atoms. The van der Waals surface area contributed by atoms with Crippen molar-refractivity contribution in [1.29, 1.82) is 0 Å². The second kappa shape index (κ2) is 4.61. The first kappa shape index (κ1) is 11.5. The van der Waals surface area contributed by atoms with Gasteiger partial charge in [-0.15, -0.1) is 0 Å². The zero-order valence-electron chi connectivity index (χ0n) is 10.8. The van der Waals surface area contributed by atoms with Crippen molar-refractivity contribution in [3.8, 4) is 0 Å². The normalized spacial score (nSPS) is 19.9. The molecule has 96 valence electrons. The predicted molar refractivity (Wildman–Crippen MR) is 71.5 cm³/mol. The van der Waals surface area contributed by atoms with Crippen molar-refractivity contribution >= 4 is 12.0 Å². The van der Waals surface area contributed by atoms with Gasteiger partial charge in [0.1, 0.15) is 5.69 Å². The minimum absolute atomic E-state index is 0.144. The number of hydrogen-bond acceptors (Lipinski definition) is 2. The molecule has 18 heavy (non-hydrogen) atoms. The molecule has 1 aromatic rings. The number of nitrogens with one attached hydrogen (secondary N) is 1. The van der Waals surface area contributed by atoms with Gasteiger partial charge in [0, 0.05) is 31.9 Å². The number of piperazine rings is 1. The summed E-state index contributed by atoms with van der Waals surface area (Å²) in [6, 6.07) is 1.99. The number of aryl methyl sites for hydroxylation is 1. The summed E-state index contributed by atoms with van der Waals surface area (Å²) in [5, 5.41) is 0. The summed E-state index contributed by atoms with van der Waals surface area (Å²) in [5.74, 6) is 0.144. The van der Waals surface area contributed by atoms with E-state index in [1.54, 1.807) is 0 Å². The maximum atomic E-state index is 12.4. The molecule has 2 heterocycles. The molecular weight excluding hydrogens is 226 g/mol. The quantitative estimate of drug-likeness (QED) is 0.811. The molecule has 1 aliphatic carbocycles. The van der Waals surface area contributed by atoms with Crippen molar-refractivity contribution in [3.63, 3.8) is 0 Å². The summed E-state index contributed by atoms with van der Waals surface area (Å²) in [4.78, 5) is 19.9. The molecule has 3 rings (SSSR count). The number of allylic oxidation sites excluding steroid dienone is 1. The highest BCUT2D eigenvalue weighted by molar-refractivity contribution is 5.93. The average molecular weight is 245 g/mol. The number of likely N-dealkylation sites (N-methyl/N-ethyl adjacent to an activating group) is 1. The Bertz CT molecular complexity index is 481. The van der Waals surface area contributed by atoms with Crippen molar-refractivity contribution < 1.29 is 4.79 Å². The van der Waals surface area contributed by atoms with Crippen molar-refractivity contribution in [2.75, 3.05) is 33.2 Å². The van der Waals surface area contributed by atoms with Crippen molar-refractivity contribution in [1.82, 2.24) is 14.8 Å². The van der Waals surface area contributed by atoms with E-state index in [0.29, 0.717) is 0 Å². The summed E-state index contributed by atoms with van der Waals surface area (Å²) in [7, 11) is 2.10. The average Bonchev–Trinajstić information content (AvgIpc) is 2.82. The number of hydrogen-bond donors (Lipinski definition) is 1. The number of H-pyrrole nitrogens is 1. The largest absolute Gasteiger partial charge is 0.354 e. The van der Waals surface area contributed by atoms with E-state index in [1.807, 2.05) is 11.0 Å². The van der Waals surface area contributed by atoms with Gasteiger partial charge < -0.3 is 14.8 Å². The summed E-state index contributed by atoms with van der Waals surface area (Å²) in [6.45, 7) is 3.59. The van der Waals surface area contributed by atoms with E-state index in [4.69, 9.17) is 0 Å². The van der Waals surface area contributed by atoms with Gasteiger partial charge in [0.2, 0.25) is 0 Å². The Balaban J connectivity index is 1.76. The van der Waals surface area contributed by atoms with Crippen LogP contribution in [0.25, 0.3) is 6.08 Å². The molecule has 1 aromatic heterocycles. The third kappa shape index (κ3) is 2.08. The Morgan fingerprint density at radius 3 is 2.78 bits per heavy atom.